The molecule has 4 N–H and O–H groups in total. The average Bonchev–Trinajstić information content (AvgIpc) is 3.49. The molecule has 0 unspecified atom stereocenters. The number of allylic oxidation sites excluding steroid dienone is 1. The highest BCUT2D eigenvalue weighted by molar-refractivity contribution is 7.22. The third-order valence-corrected chi connectivity index (χ3v) is 8.88. The second-order valence-electron chi connectivity index (χ2n) is 10.2. The number of nitrogens with one attached hydrogen (secondary N) is 2. The summed E-state index contributed by atoms with van der Waals surface area (Å²) in [6.45, 7) is 8.19. The number of carbonyl (C=O) groups excluding carboxylic acids is 1. The summed E-state index contributed by atoms with van der Waals surface area (Å²) >= 11 is 1.73. The van der Waals surface area contributed by atoms with Crippen LogP contribution in [0.15, 0.2) is 61.2 Å². The fraction of sp³-hybridized carbons (Fsp3) is 0.312. The third kappa shape index (κ3) is 6.35. The summed E-state index contributed by atoms with van der Waals surface area (Å²) in [5.41, 5.74) is 11.5. The molecule has 2 aliphatic rings. The molecule has 2 aromatic carbocycles. The van der Waals surface area contributed by atoms with Crippen molar-refractivity contribution >= 4 is 51.2 Å². The molecule has 9 nitrogen and oxygen atoms in total. The molecular formula is C32H37N7O2S. The minimum atomic E-state index is 0.551. The van der Waals surface area contributed by atoms with Gasteiger partial charge in [-0.3, -0.25) is 4.79 Å². The van der Waals surface area contributed by atoms with Crippen molar-refractivity contribution in [1.82, 2.24) is 15.3 Å². The summed E-state index contributed by atoms with van der Waals surface area (Å²) in [6.07, 6.45) is 5.47. The van der Waals surface area contributed by atoms with Gasteiger partial charge in [0.05, 0.1) is 23.4 Å². The summed E-state index contributed by atoms with van der Waals surface area (Å²) in [4.78, 5) is 25.0. The maximum atomic E-state index is 9.06. The monoisotopic (exact) mass is 583 g/mol. The number of rotatable bonds is 7. The van der Waals surface area contributed by atoms with Gasteiger partial charge in [0.25, 0.3) is 0 Å². The molecule has 4 heterocycles. The predicted molar refractivity (Wildman–Crippen MR) is 174 cm³/mol. The minimum absolute atomic E-state index is 0.551. The van der Waals surface area contributed by atoms with Crippen molar-refractivity contribution in [3.63, 3.8) is 0 Å². The summed E-state index contributed by atoms with van der Waals surface area (Å²) in [6, 6.07) is 17.3. The van der Waals surface area contributed by atoms with Crippen LogP contribution in [0.5, 0.6) is 0 Å². The first-order valence-electron chi connectivity index (χ1n) is 14.2. The number of morpholine rings is 1. The van der Waals surface area contributed by atoms with E-state index in [-0.39, 0.29) is 0 Å². The van der Waals surface area contributed by atoms with Crippen LogP contribution in [0.4, 0.5) is 17.2 Å². The molecule has 4 aromatic rings. The SMILES string of the molecule is C=CC=O.CNC1CCN(c2ccc(-c3cc4nc(-c5cccc(N)c5C=N)nc(N5CCOCC5)c4s3)cc2)CC1. The van der Waals surface area contributed by atoms with Crippen LogP contribution < -0.4 is 20.9 Å². The first-order valence-corrected chi connectivity index (χ1v) is 15.0. The number of anilines is 3. The van der Waals surface area contributed by atoms with E-state index < -0.39 is 0 Å². The Kier molecular flexibility index (Phi) is 9.58. The molecule has 0 bridgehead atoms. The maximum Gasteiger partial charge on any atom is 0.162 e. The van der Waals surface area contributed by atoms with Crippen LogP contribution in [0.2, 0.25) is 0 Å². The number of hydrogen-bond acceptors (Lipinski definition) is 10. The Hall–Kier alpha value is -4.12. The van der Waals surface area contributed by atoms with Gasteiger partial charge in [0.1, 0.15) is 6.29 Å². The molecule has 10 heteroatoms. The summed E-state index contributed by atoms with van der Waals surface area (Å²) in [5, 5.41) is 11.3. The Bertz CT molecular complexity index is 1530. The zero-order valence-corrected chi connectivity index (χ0v) is 24.7. The zero-order chi connectivity index (χ0) is 29.5. The summed E-state index contributed by atoms with van der Waals surface area (Å²) in [5.74, 6) is 1.52. The van der Waals surface area contributed by atoms with E-state index in [9.17, 15) is 0 Å². The van der Waals surface area contributed by atoms with Crippen molar-refractivity contribution in [1.29, 1.82) is 5.41 Å². The predicted octanol–water partition coefficient (Wildman–Crippen LogP) is 5.00. The van der Waals surface area contributed by atoms with Gasteiger partial charge in [-0.25, -0.2) is 9.97 Å². The lowest BCUT2D eigenvalue weighted by molar-refractivity contribution is -0.104. The van der Waals surface area contributed by atoms with Gasteiger partial charge in [-0.15, -0.1) is 11.3 Å². The van der Waals surface area contributed by atoms with Crippen molar-refractivity contribution in [3.8, 4) is 21.8 Å². The molecule has 218 valence electrons. The van der Waals surface area contributed by atoms with E-state index in [2.05, 4.69) is 59.1 Å². The number of nitrogens with two attached hydrogens (primary N) is 1. The third-order valence-electron chi connectivity index (χ3n) is 7.71. The number of carbonyl (C=O) groups is 1. The molecule has 0 radical (unpaired) electrons. The molecule has 2 aromatic heterocycles. The van der Waals surface area contributed by atoms with Crippen molar-refractivity contribution in [3.05, 3.63) is 66.7 Å². The van der Waals surface area contributed by atoms with Crippen molar-refractivity contribution < 1.29 is 9.53 Å². The highest BCUT2D eigenvalue weighted by Gasteiger charge is 2.22. The lowest BCUT2D eigenvalue weighted by Crippen LogP contribution is -2.41. The second kappa shape index (κ2) is 13.7. The van der Waals surface area contributed by atoms with E-state index in [1.807, 2.05) is 12.1 Å². The first-order chi connectivity index (χ1) is 20.6. The molecule has 0 aliphatic carbocycles. The number of aldehydes is 1. The van der Waals surface area contributed by atoms with Gasteiger partial charge in [0.15, 0.2) is 11.6 Å². The number of aromatic nitrogens is 2. The average molecular weight is 584 g/mol. The molecule has 6 rings (SSSR count). The number of piperidine rings is 1. The van der Waals surface area contributed by atoms with E-state index in [0.717, 1.165) is 47.8 Å². The zero-order valence-electron chi connectivity index (χ0n) is 23.9. The highest BCUT2D eigenvalue weighted by Crippen LogP contribution is 2.40. The molecule has 2 aliphatic heterocycles. The summed E-state index contributed by atoms with van der Waals surface area (Å²) < 4.78 is 6.69. The molecule has 0 atom stereocenters. The largest absolute Gasteiger partial charge is 0.398 e. The van der Waals surface area contributed by atoms with Gasteiger partial charge in [-0.05, 0) is 55.8 Å². The molecule has 2 fully saturated rings. The molecule has 42 heavy (non-hydrogen) atoms. The second-order valence-corrected chi connectivity index (χ2v) is 11.3. The fourth-order valence-electron chi connectivity index (χ4n) is 5.37. The molecular weight excluding hydrogens is 546 g/mol. The van der Waals surface area contributed by atoms with E-state index in [0.29, 0.717) is 42.6 Å². The van der Waals surface area contributed by atoms with Crippen molar-refractivity contribution in [2.45, 2.75) is 18.9 Å². The Balaban J connectivity index is 0.000000830. The van der Waals surface area contributed by atoms with Gasteiger partial charge < -0.3 is 31.0 Å². The van der Waals surface area contributed by atoms with Gasteiger partial charge in [0.2, 0.25) is 0 Å². The van der Waals surface area contributed by atoms with Crippen LogP contribution >= 0.6 is 11.3 Å². The van der Waals surface area contributed by atoms with Gasteiger partial charge >= 0.3 is 0 Å². The lowest BCUT2D eigenvalue weighted by atomic mass is 10.0. The van der Waals surface area contributed by atoms with Crippen LogP contribution in [0.25, 0.3) is 32.0 Å². The Morgan fingerprint density at radius 2 is 1.79 bits per heavy atom. The van der Waals surface area contributed by atoms with Crippen LogP contribution in [0, 0.1) is 5.41 Å². The van der Waals surface area contributed by atoms with Crippen molar-refractivity contribution in [2.75, 3.05) is 62.0 Å². The highest BCUT2D eigenvalue weighted by atomic mass is 32.1. The quantitative estimate of drug-likeness (QED) is 0.120. The van der Waals surface area contributed by atoms with E-state index in [1.165, 1.54) is 41.3 Å². The number of thiophene rings is 1. The lowest BCUT2D eigenvalue weighted by Gasteiger charge is -2.33. The number of benzene rings is 2. The van der Waals surface area contributed by atoms with Crippen LogP contribution in [-0.2, 0) is 9.53 Å². The first kappa shape index (κ1) is 29.4. The van der Waals surface area contributed by atoms with Crippen LogP contribution in [0.3, 0.4) is 0 Å². The standard InChI is InChI=1S/C29H33N7OS.C3H4O/c1-32-20-9-11-35(12-10-20)21-7-5-19(6-8-21)26-17-25-27(38-26)29(36-13-15-37-16-14-36)34-28(33-25)22-3-2-4-24(31)23(22)18-30;1-2-3-4/h2-8,17-18,20,30,32H,9-16,31H2,1H3;2-3H,1H2. The summed E-state index contributed by atoms with van der Waals surface area (Å²) in [7, 11) is 2.06. The Morgan fingerprint density at radius 1 is 1.07 bits per heavy atom. The van der Waals surface area contributed by atoms with Gasteiger partial charge in [-0.1, -0.05) is 30.8 Å². The molecule has 0 amide bonds. The van der Waals surface area contributed by atoms with E-state index in [1.54, 1.807) is 17.4 Å². The van der Waals surface area contributed by atoms with Gasteiger partial charge in [0, 0.05) is 65.8 Å². The maximum absolute atomic E-state index is 9.06. The molecule has 2 saturated heterocycles. The van der Waals surface area contributed by atoms with Crippen molar-refractivity contribution in [2.24, 2.45) is 0 Å². The number of hydrogen-bond donors (Lipinski definition) is 3. The topological polar surface area (TPSA) is 120 Å². The number of nitrogen functional groups attached to an aromatic ring is 1. The number of ether oxygens (including phenoxy) is 1. The Morgan fingerprint density at radius 3 is 2.43 bits per heavy atom. The Labute approximate surface area is 250 Å². The van der Waals surface area contributed by atoms with Crippen LogP contribution in [0.1, 0.15) is 18.4 Å². The molecule has 0 saturated carbocycles. The molecule has 0 spiro atoms. The minimum Gasteiger partial charge on any atom is -0.398 e. The van der Waals surface area contributed by atoms with E-state index in [4.69, 9.17) is 30.6 Å². The number of fused-ring (bicyclic) bond motifs is 1. The number of nitrogens with zero attached hydrogens (tertiary/aromatic N) is 4. The van der Waals surface area contributed by atoms with Crippen LogP contribution in [-0.4, -0.2) is 75.0 Å². The van der Waals surface area contributed by atoms with E-state index >= 15 is 0 Å². The smallest absolute Gasteiger partial charge is 0.162 e. The van der Waals surface area contributed by atoms with Gasteiger partial charge in [-0.2, -0.15) is 0 Å². The fourth-order valence-corrected chi connectivity index (χ4v) is 6.49. The normalized spacial score (nSPS) is 15.6.